The molecule has 1 saturated heterocycles. The van der Waals surface area contributed by atoms with Gasteiger partial charge in [-0.1, -0.05) is 6.07 Å². The Morgan fingerprint density at radius 1 is 1.25 bits per heavy atom. The quantitative estimate of drug-likeness (QED) is 0.469. The lowest BCUT2D eigenvalue weighted by molar-refractivity contribution is -0.384. The first-order valence-electron chi connectivity index (χ1n) is 9.06. The predicted octanol–water partition coefficient (Wildman–Crippen LogP) is 2.87. The average Bonchev–Trinajstić information content (AvgIpc) is 3.24. The number of nitro benzene ring substituents is 1. The minimum absolute atomic E-state index is 0.0597. The van der Waals surface area contributed by atoms with E-state index >= 15 is 0 Å². The molecule has 2 heterocycles. The van der Waals surface area contributed by atoms with Gasteiger partial charge in [0.25, 0.3) is 11.6 Å². The van der Waals surface area contributed by atoms with Gasteiger partial charge in [0.2, 0.25) is 5.91 Å². The number of benzene rings is 1. The number of nitrogens with zero attached hydrogens (tertiary/aromatic N) is 2. The number of nitro groups is 1. The van der Waals surface area contributed by atoms with Crippen LogP contribution in [0, 0.1) is 16.0 Å². The molecule has 0 spiro atoms. The summed E-state index contributed by atoms with van der Waals surface area (Å²) in [7, 11) is 0. The Balaban J connectivity index is 1.44. The van der Waals surface area contributed by atoms with Crippen molar-refractivity contribution in [3.05, 3.63) is 70.2 Å². The molecular formula is C20H21N3O5. The molecule has 1 aromatic heterocycles. The zero-order valence-electron chi connectivity index (χ0n) is 15.2. The Morgan fingerprint density at radius 3 is 2.71 bits per heavy atom. The molecule has 0 atom stereocenters. The van der Waals surface area contributed by atoms with Crippen LogP contribution in [0.5, 0.6) is 0 Å². The summed E-state index contributed by atoms with van der Waals surface area (Å²) in [5.74, 6) is 0.506. The first-order valence-corrected chi connectivity index (χ1v) is 9.06. The van der Waals surface area contributed by atoms with E-state index in [4.69, 9.17) is 4.42 Å². The van der Waals surface area contributed by atoms with Crippen LogP contribution in [-0.4, -0.2) is 41.3 Å². The number of hydrogen-bond donors (Lipinski definition) is 1. The lowest BCUT2D eigenvalue weighted by atomic mass is 9.96. The maximum Gasteiger partial charge on any atom is 0.270 e. The number of hydrogen-bond acceptors (Lipinski definition) is 5. The number of piperidine rings is 1. The maximum atomic E-state index is 12.2. The van der Waals surface area contributed by atoms with Crippen LogP contribution in [0.3, 0.4) is 0 Å². The van der Waals surface area contributed by atoms with Crippen molar-refractivity contribution in [3.63, 3.8) is 0 Å². The van der Waals surface area contributed by atoms with E-state index < -0.39 is 4.92 Å². The smallest absolute Gasteiger partial charge is 0.270 e. The third-order valence-electron chi connectivity index (χ3n) is 4.73. The Labute approximate surface area is 162 Å². The van der Waals surface area contributed by atoms with Crippen LogP contribution in [0.4, 0.5) is 5.69 Å². The van der Waals surface area contributed by atoms with Gasteiger partial charge in [0.05, 0.1) is 11.2 Å². The SMILES string of the molecule is O=C(NCC1CCN(C(=O)/C=C/c2ccco2)CC1)c1cccc([N+](=O)[O-])c1. The van der Waals surface area contributed by atoms with E-state index in [1.54, 1.807) is 35.4 Å². The fraction of sp³-hybridized carbons (Fsp3) is 0.300. The van der Waals surface area contributed by atoms with E-state index in [9.17, 15) is 19.7 Å². The second-order valence-electron chi connectivity index (χ2n) is 6.63. The van der Waals surface area contributed by atoms with Crippen LogP contribution in [0.2, 0.25) is 0 Å². The molecule has 1 aliphatic rings. The number of furan rings is 1. The second kappa shape index (κ2) is 8.98. The van der Waals surface area contributed by atoms with Gasteiger partial charge in [-0.15, -0.1) is 0 Å². The summed E-state index contributed by atoms with van der Waals surface area (Å²) in [5, 5.41) is 13.6. The van der Waals surface area contributed by atoms with Crippen molar-refractivity contribution >= 4 is 23.6 Å². The molecule has 0 radical (unpaired) electrons. The molecule has 1 N–H and O–H groups in total. The van der Waals surface area contributed by atoms with Gasteiger partial charge in [-0.05, 0) is 43.0 Å². The molecule has 1 fully saturated rings. The molecule has 28 heavy (non-hydrogen) atoms. The number of rotatable bonds is 6. The van der Waals surface area contributed by atoms with Crippen molar-refractivity contribution in [1.29, 1.82) is 0 Å². The van der Waals surface area contributed by atoms with Crippen LogP contribution < -0.4 is 5.32 Å². The molecule has 3 rings (SSSR count). The Hall–Kier alpha value is -3.42. The van der Waals surface area contributed by atoms with Crippen LogP contribution >= 0.6 is 0 Å². The number of likely N-dealkylation sites (tertiary alicyclic amines) is 1. The summed E-state index contributed by atoms with van der Waals surface area (Å²) < 4.78 is 5.16. The first-order chi connectivity index (χ1) is 13.5. The molecule has 0 aliphatic carbocycles. The highest BCUT2D eigenvalue weighted by molar-refractivity contribution is 5.94. The van der Waals surface area contributed by atoms with Gasteiger partial charge in [-0.3, -0.25) is 19.7 Å². The lowest BCUT2D eigenvalue weighted by Gasteiger charge is -2.31. The molecule has 1 aliphatic heterocycles. The zero-order valence-corrected chi connectivity index (χ0v) is 15.2. The van der Waals surface area contributed by atoms with Gasteiger partial charge in [-0.25, -0.2) is 0 Å². The topological polar surface area (TPSA) is 106 Å². The Kier molecular flexibility index (Phi) is 6.21. The van der Waals surface area contributed by atoms with Gasteiger partial charge in [0.15, 0.2) is 0 Å². The molecule has 0 bridgehead atoms. The molecule has 2 aromatic rings. The zero-order chi connectivity index (χ0) is 19.9. The van der Waals surface area contributed by atoms with Crippen molar-refractivity contribution < 1.29 is 18.9 Å². The summed E-state index contributed by atoms with van der Waals surface area (Å²) in [6.45, 7) is 1.73. The molecule has 0 unspecified atom stereocenters. The number of non-ortho nitro benzene ring substituents is 1. The number of carbonyl (C=O) groups is 2. The van der Waals surface area contributed by atoms with Gasteiger partial charge >= 0.3 is 0 Å². The van der Waals surface area contributed by atoms with Gasteiger partial charge < -0.3 is 14.6 Å². The summed E-state index contributed by atoms with van der Waals surface area (Å²) in [4.78, 5) is 36.5. The normalized spacial score (nSPS) is 14.9. The van der Waals surface area contributed by atoms with Crippen LogP contribution in [0.15, 0.2) is 53.2 Å². The minimum Gasteiger partial charge on any atom is -0.465 e. The summed E-state index contributed by atoms with van der Waals surface area (Å²) >= 11 is 0. The van der Waals surface area contributed by atoms with Crippen LogP contribution in [0.1, 0.15) is 29.0 Å². The monoisotopic (exact) mass is 383 g/mol. The molecule has 8 heteroatoms. The largest absolute Gasteiger partial charge is 0.465 e. The highest BCUT2D eigenvalue weighted by Crippen LogP contribution is 2.18. The van der Waals surface area contributed by atoms with Crippen molar-refractivity contribution in [3.8, 4) is 0 Å². The fourth-order valence-corrected chi connectivity index (χ4v) is 3.10. The van der Waals surface area contributed by atoms with E-state index in [0.29, 0.717) is 25.4 Å². The summed E-state index contributed by atoms with van der Waals surface area (Å²) in [6, 6.07) is 9.20. The number of amides is 2. The molecule has 2 amide bonds. The summed E-state index contributed by atoms with van der Waals surface area (Å²) in [5.41, 5.74) is 0.159. The molecule has 8 nitrogen and oxygen atoms in total. The van der Waals surface area contributed by atoms with E-state index in [-0.39, 0.29) is 29.0 Å². The minimum atomic E-state index is -0.524. The van der Waals surface area contributed by atoms with Crippen molar-refractivity contribution in [2.24, 2.45) is 5.92 Å². The van der Waals surface area contributed by atoms with E-state index in [1.165, 1.54) is 24.3 Å². The number of nitrogens with one attached hydrogen (secondary N) is 1. The molecule has 0 saturated carbocycles. The molecule has 146 valence electrons. The highest BCUT2D eigenvalue weighted by atomic mass is 16.6. The highest BCUT2D eigenvalue weighted by Gasteiger charge is 2.22. The molecular weight excluding hydrogens is 362 g/mol. The van der Waals surface area contributed by atoms with Gasteiger partial charge in [0.1, 0.15) is 5.76 Å². The summed E-state index contributed by atoms with van der Waals surface area (Å²) in [6.07, 6.45) is 6.28. The van der Waals surface area contributed by atoms with Gasteiger partial charge in [0, 0.05) is 43.4 Å². The van der Waals surface area contributed by atoms with E-state index in [2.05, 4.69) is 5.32 Å². The second-order valence-corrected chi connectivity index (χ2v) is 6.63. The molecule has 1 aromatic carbocycles. The third-order valence-corrected chi connectivity index (χ3v) is 4.73. The van der Waals surface area contributed by atoms with Crippen LogP contribution in [-0.2, 0) is 4.79 Å². The predicted molar refractivity (Wildman–Crippen MR) is 102 cm³/mol. The van der Waals surface area contributed by atoms with Crippen molar-refractivity contribution in [2.45, 2.75) is 12.8 Å². The van der Waals surface area contributed by atoms with E-state index in [0.717, 1.165) is 12.8 Å². The standard InChI is InChI=1S/C20H21N3O5/c24-19(7-6-18-5-2-12-28-18)22-10-8-15(9-11-22)14-21-20(25)16-3-1-4-17(13-16)23(26)27/h1-7,12-13,15H,8-11,14H2,(H,21,25)/b7-6+. The number of carbonyl (C=O) groups excluding carboxylic acids is 2. The van der Waals surface area contributed by atoms with Crippen molar-refractivity contribution in [2.75, 3.05) is 19.6 Å². The lowest BCUT2D eigenvalue weighted by Crippen LogP contribution is -2.41. The third kappa shape index (κ3) is 5.06. The first kappa shape index (κ1) is 19.3. The average molecular weight is 383 g/mol. The van der Waals surface area contributed by atoms with Gasteiger partial charge in [-0.2, -0.15) is 0 Å². The fourth-order valence-electron chi connectivity index (χ4n) is 3.10. The maximum absolute atomic E-state index is 12.2. The van der Waals surface area contributed by atoms with Crippen molar-refractivity contribution in [1.82, 2.24) is 10.2 Å². The Morgan fingerprint density at radius 2 is 2.04 bits per heavy atom. The van der Waals surface area contributed by atoms with E-state index in [1.807, 2.05) is 0 Å². The Bertz CT molecular complexity index is 868. The van der Waals surface area contributed by atoms with Crippen LogP contribution in [0.25, 0.3) is 6.08 Å².